The number of amides is 1. The second-order valence-electron chi connectivity index (χ2n) is 6.75. The van der Waals surface area contributed by atoms with Crippen LogP contribution in [0.3, 0.4) is 0 Å². The fourth-order valence-electron chi connectivity index (χ4n) is 3.50. The van der Waals surface area contributed by atoms with Gasteiger partial charge in [0.15, 0.2) is 0 Å². The van der Waals surface area contributed by atoms with E-state index in [9.17, 15) is 13.2 Å². The minimum absolute atomic E-state index is 0.0385. The van der Waals surface area contributed by atoms with E-state index in [1.165, 1.54) is 23.0 Å². The predicted molar refractivity (Wildman–Crippen MR) is 99.1 cm³/mol. The number of furan rings is 1. The summed E-state index contributed by atoms with van der Waals surface area (Å²) < 4.78 is 31.6. The zero-order valence-electron chi connectivity index (χ0n) is 15.0. The van der Waals surface area contributed by atoms with Crippen molar-refractivity contribution in [3.8, 4) is 0 Å². The minimum atomic E-state index is -3.44. The van der Waals surface area contributed by atoms with Crippen LogP contribution in [-0.2, 0) is 10.0 Å². The lowest BCUT2D eigenvalue weighted by molar-refractivity contribution is 0.0746. The summed E-state index contributed by atoms with van der Waals surface area (Å²) in [7, 11) is -3.44. The van der Waals surface area contributed by atoms with Crippen molar-refractivity contribution in [3.63, 3.8) is 0 Å². The van der Waals surface area contributed by atoms with E-state index in [1.54, 1.807) is 23.1 Å². The third kappa shape index (κ3) is 3.57. The van der Waals surface area contributed by atoms with Gasteiger partial charge in [0.2, 0.25) is 10.0 Å². The summed E-state index contributed by atoms with van der Waals surface area (Å²) in [6.45, 7) is 3.62. The molecule has 2 saturated heterocycles. The van der Waals surface area contributed by atoms with Gasteiger partial charge in [-0.1, -0.05) is 0 Å². The van der Waals surface area contributed by atoms with Crippen LogP contribution in [0.2, 0.25) is 0 Å². The molecule has 4 rings (SSSR count). The summed E-state index contributed by atoms with van der Waals surface area (Å²) in [5.41, 5.74) is 0.554. The molecule has 0 bridgehead atoms. The molecule has 2 fully saturated rings. The second kappa shape index (κ2) is 7.32. The maximum absolute atomic E-state index is 12.6. The first-order valence-corrected chi connectivity index (χ1v) is 10.5. The van der Waals surface area contributed by atoms with Crippen molar-refractivity contribution >= 4 is 21.7 Å². The van der Waals surface area contributed by atoms with Crippen LogP contribution in [0.25, 0.3) is 0 Å². The largest absolute Gasteiger partial charge is 0.472 e. The number of hydrogen-bond acceptors (Lipinski definition) is 6. The summed E-state index contributed by atoms with van der Waals surface area (Å²) >= 11 is 0. The first-order valence-electron chi connectivity index (χ1n) is 9.08. The van der Waals surface area contributed by atoms with Crippen LogP contribution in [-0.4, -0.2) is 67.8 Å². The molecule has 2 aliphatic heterocycles. The van der Waals surface area contributed by atoms with Gasteiger partial charge in [0.1, 0.15) is 17.0 Å². The average molecular weight is 390 g/mol. The van der Waals surface area contributed by atoms with Crippen LogP contribution in [0.15, 0.2) is 46.2 Å². The van der Waals surface area contributed by atoms with Gasteiger partial charge >= 0.3 is 0 Å². The Hall–Kier alpha value is -2.39. The summed E-state index contributed by atoms with van der Waals surface area (Å²) in [4.78, 5) is 20.8. The molecule has 0 saturated carbocycles. The number of anilines is 1. The first kappa shape index (κ1) is 18.0. The van der Waals surface area contributed by atoms with Crippen molar-refractivity contribution < 1.29 is 17.6 Å². The monoisotopic (exact) mass is 390 g/mol. The van der Waals surface area contributed by atoms with E-state index in [-0.39, 0.29) is 10.8 Å². The van der Waals surface area contributed by atoms with Crippen molar-refractivity contribution in [1.82, 2.24) is 14.2 Å². The van der Waals surface area contributed by atoms with E-state index >= 15 is 0 Å². The summed E-state index contributed by atoms with van der Waals surface area (Å²) in [6, 6.07) is 5.03. The molecule has 8 nitrogen and oxygen atoms in total. The molecule has 2 aliphatic rings. The van der Waals surface area contributed by atoms with Gasteiger partial charge in [0.05, 0.1) is 11.8 Å². The number of sulfonamides is 1. The van der Waals surface area contributed by atoms with E-state index in [2.05, 4.69) is 9.88 Å². The highest BCUT2D eigenvalue weighted by atomic mass is 32.2. The lowest BCUT2D eigenvalue weighted by Crippen LogP contribution is -2.49. The molecule has 1 amide bonds. The molecule has 4 heterocycles. The van der Waals surface area contributed by atoms with Gasteiger partial charge in [-0.2, -0.15) is 4.31 Å². The van der Waals surface area contributed by atoms with Crippen LogP contribution in [0.1, 0.15) is 23.2 Å². The van der Waals surface area contributed by atoms with Gasteiger partial charge < -0.3 is 14.2 Å². The zero-order chi connectivity index (χ0) is 18.9. The third-order valence-electron chi connectivity index (χ3n) is 5.08. The number of aromatic nitrogens is 1. The van der Waals surface area contributed by atoms with Crippen LogP contribution in [0.4, 0.5) is 5.82 Å². The number of rotatable bonds is 4. The molecule has 0 radical (unpaired) electrons. The van der Waals surface area contributed by atoms with Crippen molar-refractivity contribution in [2.24, 2.45) is 0 Å². The van der Waals surface area contributed by atoms with Gasteiger partial charge in [-0.3, -0.25) is 4.79 Å². The Balaban J connectivity index is 1.40. The zero-order valence-corrected chi connectivity index (χ0v) is 15.8. The predicted octanol–water partition coefficient (Wildman–Crippen LogP) is 1.42. The molecule has 0 aliphatic carbocycles. The topological polar surface area (TPSA) is 87.0 Å². The normalized spacial score (nSPS) is 18.8. The van der Waals surface area contributed by atoms with Crippen LogP contribution in [0.5, 0.6) is 0 Å². The third-order valence-corrected chi connectivity index (χ3v) is 6.96. The van der Waals surface area contributed by atoms with E-state index in [4.69, 9.17) is 4.42 Å². The molecule has 0 spiro atoms. The average Bonchev–Trinajstić information content (AvgIpc) is 3.42. The number of pyridine rings is 1. The van der Waals surface area contributed by atoms with Crippen LogP contribution in [0, 0.1) is 0 Å². The lowest BCUT2D eigenvalue weighted by atomic mass is 10.2. The SMILES string of the molecule is O=C(c1ccoc1)N1CCN(c2ccc(S(=O)(=O)N3CCCC3)cn2)CC1. The number of carbonyl (C=O) groups excluding carboxylic acids is 1. The highest BCUT2D eigenvalue weighted by Crippen LogP contribution is 2.22. The van der Waals surface area contributed by atoms with Gasteiger partial charge in [-0.25, -0.2) is 13.4 Å². The summed E-state index contributed by atoms with van der Waals surface area (Å²) in [5.74, 6) is 0.689. The fraction of sp³-hybridized carbons (Fsp3) is 0.444. The molecular weight excluding hydrogens is 368 g/mol. The van der Waals surface area contributed by atoms with Crippen LogP contribution >= 0.6 is 0 Å². The summed E-state index contributed by atoms with van der Waals surface area (Å²) in [5, 5.41) is 0. The van der Waals surface area contributed by atoms with Crippen LogP contribution < -0.4 is 4.90 Å². The lowest BCUT2D eigenvalue weighted by Gasteiger charge is -2.35. The molecule has 0 atom stereocenters. The molecule has 9 heteroatoms. The van der Waals surface area contributed by atoms with Crippen molar-refractivity contribution in [2.45, 2.75) is 17.7 Å². The Morgan fingerprint density at radius 3 is 2.33 bits per heavy atom. The Labute approximate surface area is 158 Å². The van der Waals surface area contributed by atoms with E-state index in [0.717, 1.165) is 18.7 Å². The van der Waals surface area contributed by atoms with Crippen molar-refractivity contribution in [3.05, 3.63) is 42.5 Å². The molecule has 0 N–H and O–H groups in total. The number of carbonyl (C=O) groups is 1. The Bertz CT molecular complexity index is 882. The Kier molecular flexibility index (Phi) is 4.88. The highest BCUT2D eigenvalue weighted by molar-refractivity contribution is 7.89. The Morgan fingerprint density at radius 1 is 1.00 bits per heavy atom. The quantitative estimate of drug-likeness (QED) is 0.785. The standard InChI is InChI=1S/C18H22N4O4S/c23-18(15-5-12-26-14-15)21-10-8-20(9-11-21)17-4-3-16(13-19-17)27(24,25)22-6-1-2-7-22/h3-5,12-14H,1-2,6-11H2. The molecule has 2 aromatic rings. The number of nitrogens with zero attached hydrogens (tertiary/aromatic N) is 4. The fourth-order valence-corrected chi connectivity index (χ4v) is 4.96. The maximum Gasteiger partial charge on any atom is 0.257 e. The molecule has 0 unspecified atom stereocenters. The minimum Gasteiger partial charge on any atom is -0.472 e. The molecule has 27 heavy (non-hydrogen) atoms. The van der Waals surface area contributed by atoms with Crippen molar-refractivity contribution in [2.75, 3.05) is 44.2 Å². The molecule has 144 valence electrons. The molecule has 0 aromatic carbocycles. The van der Waals surface area contributed by atoms with Gasteiger partial charge in [-0.05, 0) is 31.0 Å². The first-order chi connectivity index (χ1) is 13.1. The number of piperazine rings is 1. The van der Waals surface area contributed by atoms with E-state index in [1.807, 2.05) is 0 Å². The second-order valence-corrected chi connectivity index (χ2v) is 8.69. The van der Waals surface area contributed by atoms with Gasteiger partial charge in [0, 0.05) is 45.5 Å². The smallest absolute Gasteiger partial charge is 0.257 e. The molecular formula is C18H22N4O4S. The molecule has 2 aromatic heterocycles. The van der Waals surface area contributed by atoms with Gasteiger partial charge in [-0.15, -0.1) is 0 Å². The maximum atomic E-state index is 12.6. The van der Waals surface area contributed by atoms with Crippen molar-refractivity contribution in [1.29, 1.82) is 0 Å². The van der Waals surface area contributed by atoms with Gasteiger partial charge in [0.25, 0.3) is 5.91 Å². The number of hydrogen-bond donors (Lipinski definition) is 0. The van der Waals surface area contributed by atoms with E-state index < -0.39 is 10.0 Å². The van der Waals surface area contributed by atoms with E-state index in [0.29, 0.717) is 44.8 Å². The highest BCUT2D eigenvalue weighted by Gasteiger charge is 2.28. The summed E-state index contributed by atoms with van der Waals surface area (Å²) in [6.07, 6.45) is 6.20. The Morgan fingerprint density at radius 2 is 1.74 bits per heavy atom.